The molecular weight excluding hydrogens is 190 g/mol. The van der Waals surface area contributed by atoms with Gasteiger partial charge in [0.25, 0.3) is 0 Å². The van der Waals surface area contributed by atoms with Crippen molar-refractivity contribution in [2.75, 3.05) is 13.7 Å². The molecule has 5 N–H and O–H groups in total. The van der Waals surface area contributed by atoms with Crippen molar-refractivity contribution in [2.45, 2.75) is 37.1 Å². The first-order valence-corrected chi connectivity index (χ1v) is 4.48. The fourth-order valence-corrected chi connectivity index (χ4v) is 1.77. The number of aliphatic hydroxyl groups excluding tert-OH is 3. The van der Waals surface area contributed by atoms with Gasteiger partial charge in [0.2, 0.25) is 0 Å². The Morgan fingerprint density at radius 3 is 2.36 bits per heavy atom. The van der Waals surface area contributed by atoms with Crippen molar-refractivity contribution in [1.29, 1.82) is 0 Å². The highest BCUT2D eigenvalue weighted by Gasteiger charge is 2.49. The highest BCUT2D eigenvalue weighted by Crippen LogP contribution is 2.27. The molecule has 1 aliphatic rings. The summed E-state index contributed by atoms with van der Waals surface area (Å²) in [6.45, 7) is 0.913. The number of nitrogens with one attached hydrogen (secondary N) is 1. The zero-order valence-electron chi connectivity index (χ0n) is 8.21. The van der Waals surface area contributed by atoms with Gasteiger partial charge in [-0.15, -0.1) is 0 Å². The van der Waals surface area contributed by atoms with E-state index in [9.17, 15) is 15.3 Å². The minimum absolute atomic E-state index is 0.454. The molecule has 1 saturated heterocycles. The molecule has 1 rings (SSSR count). The first kappa shape index (κ1) is 11.8. The number of hydrogen-bond acceptors (Lipinski definition) is 6. The van der Waals surface area contributed by atoms with Crippen LogP contribution in [0.3, 0.4) is 0 Å². The molecule has 0 aromatic rings. The van der Waals surface area contributed by atoms with Crippen LogP contribution in [0.25, 0.3) is 0 Å². The minimum atomic E-state index is -1.61. The van der Waals surface area contributed by atoms with Gasteiger partial charge in [-0.2, -0.15) is 0 Å². The van der Waals surface area contributed by atoms with Gasteiger partial charge in [0.05, 0.1) is 12.6 Å². The van der Waals surface area contributed by atoms with Crippen LogP contribution in [0.1, 0.15) is 6.92 Å². The Labute approximate surface area is 82.1 Å². The van der Waals surface area contributed by atoms with E-state index in [-0.39, 0.29) is 0 Å². The van der Waals surface area contributed by atoms with Gasteiger partial charge in [-0.3, -0.25) is 0 Å². The van der Waals surface area contributed by atoms with Crippen LogP contribution in [0.4, 0.5) is 0 Å². The molecule has 14 heavy (non-hydrogen) atoms. The van der Waals surface area contributed by atoms with Crippen LogP contribution in [0.5, 0.6) is 0 Å². The molecule has 0 radical (unpaired) electrons. The van der Waals surface area contributed by atoms with Gasteiger partial charge in [0.15, 0.2) is 5.79 Å². The fourth-order valence-electron chi connectivity index (χ4n) is 1.77. The summed E-state index contributed by atoms with van der Waals surface area (Å²) in [6.07, 6.45) is -3.36. The Morgan fingerprint density at radius 2 is 1.93 bits per heavy atom. The largest absolute Gasteiger partial charge is 0.394 e. The maximum Gasteiger partial charge on any atom is 0.181 e. The van der Waals surface area contributed by atoms with Gasteiger partial charge < -0.3 is 30.5 Å². The van der Waals surface area contributed by atoms with Crippen molar-refractivity contribution < 1.29 is 25.2 Å². The number of hydrogen-bond donors (Lipinski definition) is 5. The lowest BCUT2D eigenvalue weighted by atomic mass is 9.91. The summed E-state index contributed by atoms with van der Waals surface area (Å²) in [6, 6.07) is -0.791. The summed E-state index contributed by atoms with van der Waals surface area (Å²) in [5.41, 5.74) is 0. The predicted molar refractivity (Wildman–Crippen MR) is 47.4 cm³/mol. The maximum absolute atomic E-state index is 9.76. The molecule has 84 valence electrons. The van der Waals surface area contributed by atoms with Crippen LogP contribution in [0, 0.1) is 0 Å². The molecular formula is C8H17NO5. The van der Waals surface area contributed by atoms with E-state index in [1.165, 1.54) is 14.0 Å². The van der Waals surface area contributed by atoms with E-state index in [1.807, 2.05) is 0 Å². The van der Waals surface area contributed by atoms with Crippen molar-refractivity contribution in [3.63, 3.8) is 0 Å². The molecule has 6 heteroatoms. The molecule has 1 heterocycles. The van der Waals surface area contributed by atoms with E-state index < -0.39 is 36.7 Å². The summed E-state index contributed by atoms with van der Waals surface area (Å²) >= 11 is 0. The van der Waals surface area contributed by atoms with Gasteiger partial charge in [-0.05, 0) is 14.0 Å². The summed E-state index contributed by atoms with van der Waals surface area (Å²) in [5, 5.41) is 40.3. The Hall–Kier alpha value is -0.240. The van der Waals surface area contributed by atoms with Crippen molar-refractivity contribution >= 4 is 0 Å². The quantitative estimate of drug-likeness (QED) is 0.340. The molecule has 1 aliphatic heterocycles. The van der Waals surface area contributed by atoms with E-state index in [4.69, 9.17) is 9.84 Å². The summed E-state index contributed by atoms with van der Waals surface area (Å²) in [7, 11) is 1.54. The third-order valence-corrected chi connectivity index (χ3v) is 2.53. The monoisotopic (exact) mass is 207 g/mol. The molecule has 0 aliphatic carbocycles. The second kappa shape index (κ2) is 4.09. The van der Waals surface area contributed by atoms with Crippen molar-refractivity contribution in [3.8, 4) is 0 Å². The second-order valence-corrected chi connectivity index (χ2v) is 3.64. The molecule has 6 nitrogen and oxygen atoms in total. The van der Waals surface area contributed by atoms with Gasteiger partial charge in [0.1, 0.15) is 18.3 Å². The van der Waals surface area contributed by atoms with Crippen molar-refractivity contribution in [2.24, 2.45) is 0 Å². The number of rotatable bonds is 2. The second-order valence-electron chi connectivity index (χ2n) is 3.64. The van der Waals surface area contributed by atoms with Crippen LogP contribution < -0.4 is 5.32 Å². The van der Waals surface area contributed by atoms with Crippen LogP contribution in [-0.2, 0) is 4.74 Å². The third-order valence-electron chi connectivity index (χ3n) is 2.53. The van der Waals surface area contributed by atoms with Gasteiger partial charge in [0, 0.05) is 0 Å². The zero-order valence-corrected chi connectivity index (χ0v) is 8.21. The normalized spacial score (nSPS) is 49.3. The number of likely N-dealkylation sites (N-methyl/N-ethyl adjacent to an activating group) is 1. The lowest BCUT2D eigenvalue weighted by Gasteiger charge is -2.45. The van der Waals surface area contributed by atoms with E-state index in [1.54, 1.807) is 0 Å². The standard InChI is InChI=1S/C8H17NO5/c1-8(13)7(9-2)6(12)5(11)4(3-10)14-8/h4-7,9-13H,3H2,1-2H3/t4-,5-,6+,7-,8?/m1/s1. The van der Waals surface area contributed by atoms with Crippen molar-refractivity contribution in [1.82, 2.24) is 5.32 Å². The van der Waals surface area contributed by atoms with Gasteiger partial charge in [-0.25, -0.2) is 0 Å². The van der Waals surface area contributed by atoms with E-state index in [0.29, 0.717) is 0 Å². The van der Waals surface area contributed by atoms with Crippen molar-refractivity contribution in [3.05, 3.63) is 0 Å². The highest BCUT2D eigenvalue weighted by atomic mass is 16.6. The first-order valence-electron chi connectivity index (χ1n) is 4.48. The molecule has 0 amide bonds. The Balaban J connectivity index is 2.83. The van der Waals surface area contributed by atoms with E-state index >= 15 is 0 Å². The molecule has 0 saturated carbocycles. The Kier molecular flexibility index (Phi) is 3.46. The zero-order chi connectivity index (χ0) is 10.9. The molecule has 0 aromatic carbocycles. The van der Waals surface area contributed by atoms with E-state index in [2.05, 4.69) is 5.32 Å². The lowest BCUT2D eigenvalue weighted by Crippen LogP contribution is -2.67. The minimum Gasteiger partial charge on any atom is -0.394 e. The third kappa shape index (κ3) is 1.90. The number of aliphatic hydroxyl groups is 4. The SMILES string of the molecule is CN[C@@H]1[C@@H](O)[C@H](O)[C@@H](CO)OC1(C)O. The van der Waals surface area contributed by atoms with Crippen LogP contribution in [-0.4, -0.2) is 64.2 Å². The van der Waals surface area contributed by atoms with Crippen LogP contribution in [0.2, 0.25) is 0 Å². The predicted octanol–water partition coefficient (Wildman–Crippen LogP) is -2.60. The van der Waals surface area contributed by atoms with Crippen LogP contribution >= 0.6 is 0 Å². The molecule has 1 unspecified atom stereocenters. The van der Waals surface area contributed by atoms with E-state index in [0.717, 1.165) is 0 Å². The van der Waals surface area contributed by atoms with Gasteiger partial charge in [-0.1, -0.05) is 0 Å². The fraction of sp³-hybridized carbons (Fsp3) is 1.00. The van der Waals surface area contributed by atoms with Crippen LogP contribution in [0.15, 0.2) is 0 Å². The molecule has 0 bridgehead atoms. The van der Waals surface area contributed by atoms with Gasteiger partial charge >= 0.3 is 0 Å². The molecule has 0 spiro atoms. The lowest BCUT2D eigenvalue weighted by molar-refractivity contribution is -0.310. The topological polar surface area (TPSA) is 102 Å². The Bertz CT molecular complexity index is 198. The first-order chi connectivity index (χ1) is 6.44. The smallest absolute Gasteiger partial charge is 0.181 e. The molecule has 1 fully saturated rings. The average Bonchev–Trinajstić information content (AvgIpc) is 2.12. The summed E-state index contributed by atoms with van der Waals surface area (Å²) in [5.74, 6) is -1.61. The summed E-state index contributed by atoms with van der Waals surface area (Å²) in [4.78, 5) is 0. The maximum atomic E-state index is 9.76. The average molecular weight is 207 g/mol. The molecule has 0 aromatic heterocycles. The Morgan fingerprint density at radius 1 is 1.36 bits per heavy atom. The number of ether oxygens (including phenoxy) is 1. The summed E-state index contributed by atoms with van der Waals surface area (Å²) < 4.78 is 5.04. The highest BCUT2D eigenvalue weighted by molar-refractivity contribution is 4.97. The molecule has 5 atom stereocenters.